The van der Waals surface area contributed by atoms with Crippen LogP contribution in [0.5, 0.6) is 0 Å². The van der Waals surface area contributed by atoms with Crippen molar-refractivity contribution in [3.63, 3.8) is 0 Å². The van der Waals surface area contributed by atoms with E-state index < -0.39 is 17.1 Å². The van der Waals surface area contributed by atoms with Crippen molar-refractivity contribution in [2.75, 3.05) is 27.9 Å². The Hall–Kier alpha value is 0.274. The Morgan fingerprint density at radius 1 is 0.762 bits per heavy atom. The fraction of sp³-hybridized carbons (Fsp3) is 1.00. The van der Waals surface area contributed by atoms with Crippen molar-refractivity contribution in [1.82, 2.24) is 0 Å². The molecule has 4 nitrogen and oxygen atoms in total. The summed E-state index contributed by atoms with van der Waals surface area (Å²) >= 11 is 0. The van der Waals surface area contributed by atoms with E-state index >= 15 is 0 Å². The number of unbranched alkanes of at least 4 members (excludes halogenated alkanes) is 3. The van der Waals surface area contributed by atoms with E-state index in [1.54, 1.807) is 21.3 Å². The standard InChI is InChI=1S/C15H36O4Si2/c1-15(2,3)20(7,8)19-13-11-9-10-12-14-21(16-4,17-5)18-6/h9-14H2,1-8H3. The molecule has 0 N–H and O–H groups in total. The van der Waals surface area contributed by atoms with Crippen LogP contribution in [0.1, 0.15) is 46.5 Å². The highest BCUT2D eigenvalue weighted by molar-refractivity contribution is 6.74. The van der Waals surface area contributed by atoms with Gasteiger partial charge in [-0.25, -0.2) is 0 Å². The van der Waals surface area contributed by atoms with Crippen LogP contribution in [0, 0.1) is 0 Å². The molecule has 0 spiro atoms. The van der Waals surface area contributed by atoms with Gasteiger partial charge in [0.05, 0.1) is 0 Å². The zero-order valence-corrected chi connectivity index (χ0v) is 17.4. The SMILES string of the molecule is CO[Si](CCCCCCO[Si](C)(C)C(C)(C)C)(OC)OC. The van der Waals surface area contributed by atoms with Gasteiger partial charge >= 0.3 is 8.80 Å². The topological polar surface area (TPSA) is 36.9 Å². The Labute approximate surface area is 134 Å². The number of hydrogen-bond acceptors (Lipinski definition) is 4. The lowest BCUT2D eigenvalue weighted by atomic mass is 10.2. The molecule has 0 saturated heterocycles. The van der Waals surface area contributed by atoms with Crippen molar-refractivity contribution in [2.45, 2.75) is 70.6 Å². The summed E-state index contributed by atoms with van der Waals surface area (Å²) in [6.45, 7) is 12.3. The minimum atomic E-state index is -2.37. The lowest BCUT2D eigenvalue weighted by Gasteiger charge is -2.36. The van der Waals surface area contributed by atoms with E-state index in [1.165, 1.54) is 12.8 Å². The summed E-state index contributed by atoms with van der Waals surface area (Å²) in [5.41, 5.74) is 0. The first-order valence-electron chi connectivity index (χ1n) is 7.93. The lowest BCUT2D eigenvalue weighted by Crippen LogP contribution is -2.42. The second-order valence-electron chi connectivity index (χ2n) is 7.07. The summed E-state index contributed by atoms with van der Waals surface area (Å²) in [4.78, 5) is 0. The lowest BCUT2D eigenvalue weighted by molar-refractivity contribution is 0.122. The Bertz CT molecular complexity index is 259. The Morgan fingerprint density at radius 2 is 1.24 bits per heavy atom. The van der Waals surface area contributed by atoms with Gasteiger partial charge in [-0.05, 0) is 31.0 Å². The van der Waals surface area contributed by atoms with Gasteiger partial charge in [0.1, 0.15) is 0 Å². The van der Waals surface area contributed by atoms with Gasteiger partial charge in [0.2, 0.25) is 0 Å². The largest absolute Gasteiger partial charge is 0.500 e. The molecule has 0 unspecified atom stereocenters. The van der Waals surface area contributed by atoms with Gasteiger partial charge in [0, 0.05) is 34.0 Å². The highest BCUT2D eigenvalue weighted by Crippen LogP contribution is 2.36. The third kappa shape index (κ3) is 7.39. The van der Waals surface area contributed by atoms with Crippen LogP contribution in [0.4, 0.5) is 0 Å². The summed E-state index contributed by atoms with van der Waals surface area (Å²) < 4.78 is 22.4. The van der Waals surface area contributed by atoms with Crippen LogP contribution in [-0.4, -0.2) is 45.1 Å². The number of hydrogen-bond donors (Lipinski definition) is 0. The molecule has 0 rings (SSSR count). The predicted octanol–water partition coefficient (Wildman–Crippen LogP) is 4.45. The van der Waals surface area contributed by atoms with Gasteiger partial charge in [-0.1, -0.05) is 33.6 Å². The molecule has 0 amide bonds. The maximum atomic E-state index is 6.18. The molecule has 0 saturated carbocycles. The van der Waals surface area contributed by atoms with Crippen LogP contribution in [-0.2, 0) is 17.7 Å². The first kappa shape index (κ1) is 21.3. The molecule has 0 radical (unpaired) electrons. The minimum Gasteiger partial charge on any atom is -0.417 e. The van der Waals surface area contributed by atoms with E-state index in [-0.39, 0.29) is 0 Å². The van der Waals surface area contributed by atoms with Crippen molar-refractivity contribution >= 4 is 17.1 Å². The van der Waals surface area contributed by atoms with Gasteiger partial charge in [0.15, 0.2) is 8.32 Å². The van der Waals surface area contributed by atoms with Crippen LogP contribution in [0.3, 0.4) is 0 Å². The van der Waals surface area contributed by atoms with Gasteiger partial charge in [-0.15, -0.1) is 0 Å². The quantitative estimate of drug-likeness (QED) is 0.413. The minimum absolute atomic E-state index is 0.299. The Morgan fingerprint density at radius 3 is 1.67 bits per heavy atom. The highest BCUT2D eigenvalue weighted by Gasteiger charge is 2.37. The second kappa shape index (κ2) is 9.42. The van der Waals surface area contributed by atoms with E-state index in [0.717, 1.165) is 25.5 Å². The summed E-state index contributed by atoms with van der Waals surface area (Å²) in [5, 5.41) is 0.299. The first-order chi connectivity index (χ1) is 9.64. The smallest absolute Gasteiger partial charge is 0.417 e. The van der Waals surface area contributed by atoms with Gasteiger partial charge < -0.3 is 17.7 Å². The Balaban J connectivity index is 3.79. The molecule has 0 aromatic rings. The zero-order chi connectivity index (χ0) is 16.6. The molecule has 6 heteroatoms. The summed E-state index contributed by atoms with van der Waals surface area (Å²) in [6.07, 6.45) is 4.58. The van der Waals surface area contributed by atoms with Crippen LogP contribution < -0.4 is 0 Å². The third-order valence-corrected chi connectivity index (χ3v) is 11.9. The maximum absolute atomic E-state index is 6.18. The molecule has 0 aliphatic heterocycles. The normalized spacial score (nSPS) is 13.7. The molecule has 0 fully saturated rings. The van der Waals surface area contributed by atoms with E-state index in [2.05, 4.69) is 33.9 Å². The average molecular weight is 337 g/mol. The molecule has 0 heterocycles. The number of rotatable bonds is 11. The monoisotopic (exact) mass is 336 g/mol. The van der Waals surface area contributed by atoms with Crippen molar-refractivity contribution in [1.29, 1.82) is 0 Å². The van der Waals surface area contributed by atoms with Crippen LogP contribution >= 0.6 is 0 Å². The average Bonchev–Trinajstić information content (AvgIpc) is 2.41. The summed E-state index contributed by atoms with van der Waals surface area (Å²) in [6, 6.07) is 0.888. The Kier molecular flexibility index (Phi) is 9.54. The molecule has 0 aliphatic carbocycles. The molecule has 0 bridgehead atoms. The van der Waals surface area contributed by atoms with Crippen LogP contribution in [0.25, 0.3) is 0 Å². The summed E-state index contributed by atoms with van der Waals surface area (Å²) in [7, 11) is 1.08. The molecule has 0 aliphatic rings. The maximum Gasteiger partial charge on any atom is 0.500 e. The molecule has 0 aromatic carbocycles. The van der Waals surface area contributed by atoms with Gasteiger partial charge in [-0.2, -0.15) is 0 Å². The molecule has 0 aromatic heterocycles. The van der Waals surface area contributed by atoms with E-state index in [9.17, 15) is 0 Å². The molecule has 128 valence electrons. The molecule has 21 heavy (non-hydrogen) atoms. The fourth-order valence-corrected chi connectivity index (χ4v) is 4.78. The van der Waals surface area contributed by atoms with Crippen molar-refractivity contribution in [3.8, 4) is 0 Å². The van der Waals surface area contributed by atoms with Crippen molar-refractivity contribution < 1.29 is 17.7 Å². The first-order valence-corrected chi connectivity index (χ1v) is 12.8. The van der Waals surface area contributed by atoms with Crippen LogP contribution in [0.15, 0.2) is 0 Å². The van der Waals surface area contributed by atoms with Crippen molar-refractivity contribution in [2.24, 2.45) is 0 Å². The van der Waals surface area contributed by atoms with E-state index in [1.807, 2.05) is 0 Å². The third-order valence-electron chi connectivity index (χ3n) is 4.58. The zero-order valence-electron chi connectivity index (χ0n) is 15.4. The summed E-state index contributed by atoms with van der Waals surface area (Å²) in [5.74, 6) is 0. The van der Waals surface area contributed by atoms with E-state index in [4.69, 9.17) is 17.7 Å². The molecular formula is C15H36O4Si2. The van der Waals surface area contributed by atoms with Gasteiger partial charge in [-0.3, -0.25) is 0 Å². The molecule has 0 atom stereocenters. The van der Waals surface area contributed by atoms with Crippen LogP contribution in [0.2, 0.25) is 24.2 Å². The van der Waals surface area contributed by atoms with Crippen molar-refractivity contribution in [3.05, 3.63) is 0 Å². The fourth-order valence-electron chi connectivity index (χ4n) is 1.90. The predicted molar refractivity (Wildman–Crippen MR) is 93.2 cm³/mol. The highest BCUT2D eigenvalue weighted by atomic mass is 28.4. The van der Waals surface area contributed by atoms with Gasteiger partial charge in [0.25, 0.3) is 0 Å². The second-order valence-corrected chi connectivity index (χ2v) is 15.0. The van der Waals surface area contributed by atoms with E-state index in [0.29, 0.717) is 5.04 Å². The molecular weight excluding hydrogens is 300 g/mol.